The van der Waals surface area contributed by atoms with Crippen LogP contribution >= 0.6 is 0 Å². The number of carbonyl (C=O) groups excluding carboxylic acids is 1. The van der Waals surface area contributed by atoms with Crippen molar-refractivity contribution in [3.05, 3.63) is 59.8 Å². The van der Waals surface area contributed by atoms with E-state index in [9.17, 15) is 4.79 Å². The molecular formula is C22H27N5O. The molecule has 0 saturated carbocycles. The van der Waals surface area contributed by atoms with Gasteiger partial charge in [-0.3, -0.25) is 14.4 Å². The average molecular weight is 377 g/mol. The Hall–Kier alpha value is -2.70. The lowest BCUT2D eigenvalue weighted by Gasteiger charge is -2.20. The summed E-state index contributed by atoms with van der Waals surface area (Å²) in [4.78, 5) is 17.6. The van der Waals surface area contributed by atoms with E-state index in [1.165, 1.54) is 12.0 Å². The molecule has 0 unspecified atom stereocenters. The first-order valence-corrected chi connectivity index (χ1v) is 9.81. The highest BCUT2D eigenvalue weighted by Crippen LogP contribution is 2.19. The zero-order valence-electron chi connectivity index (χ0n) is 16.6. The molecule has 1 amide bonds. The van der Waals surface area contributed by atoms with Crippen molar-refractivity contribution in [2.45, 2.75) is 13.0 Å². The number of rotatable bonds is 4. The third-order valence-electron chi connectivity index (χ3n) is 5.41. The fraction of sp³-hybridized carbons (Fsp3) is 0.364. The van der Waals surface area contributed by atoms with Gasteiger partial charge in [0.05, 0.1) is 11.7 Å². The molecule has 6 heteroatoms. The first kappa shape index (κ1) is 18.7. The molecule has 1 aromatic heterocycles. The average Bonchev–Trinajstić information content (AvgIpc) is 2.93. The van der Waals surface area contributed by atoms with E-state index in [4.69, 9.17) is 0 Å². The molecule has 0 aliphatic carbocycles. The lowest BCUT2D eigenvalue weighted by atomic mass is 10.1. The summed E-state index contributed by atoms with van der Waals surface area (Å²) in [6.07, 6.45) is 3.00. The molecule has 0 spiro atoms. The third kappa shape index (κ3) is 4.24. The number of hydrogen-bond donors (Lipinski definition) is 1. The van der Waals surface area contributed by atoms with Crippen LogP contribution in [0.2, 0.25) is 0 Å². The lowest BCUT2D eigenvalue weighted by molar-refractivity contribution is 0.102. The minimum absolute atomic E-state index is 0.0827. The minimum Gasteiger partial charge on any atom is -0.322 e. The monoisotopic (exact) mass is 377 g/mol. The van der Waals surface area contributed by atoms with E-state index < -0.39 is 0 Å². The van der Waals surface area contributed by atoms with E-state index in [-0.39, 0.29) is 5.91 Å². The summed E-state index contributed by atoms with van der Waals surface area (Å²) >= 11 is 0. The van der Waals surface area contributed by atoms with Crippen LogP contribution < -0.4 is 5.32 Å². The Morgan fingerprint density at radius 3 is 2.86 bits per heavy atom. The molecule has 3 aromatic rings. The summed E-state index contributed by atoms with van der Waals surface area (Å²) in [5.74, 6) is -0.0827. The van der Waals surface area contributed by atoms with E-state index >= 15 is 0 Å². The molecule has 1 N–H and O–H groups in total. The molecule has 2 aromatic carbocycles. The standard InChI is InChI=1S/C22H27N5O/c1-25-9-4-10-27(12-11-25)16-17-5-3-6-18(13-17)22(28)24-20-7-8-21-19(14-20)15-23-26(21)2/h3,5-8,13-15H,4,9-12,16H2,1-2H3,(H,24,28). The van der Waals surface area contributed by atoms with Gasteiger partial charge in [0.2, 0.25) is 0 Å². The maximum atomic E-state index is 12.7. The molecule has 2 heterocycles. The molecule has 1 fully saturated rings. The van der Waals surface area contributed by atoms with E-state index in [1.807, 2.05) is 54.3 Å². The molecule has 6 nitrogen and oxygen atoms in total. The SMILES string of the molecule is CN1CCCN(Cc2cccc(C(=O)Nc3ccc4c(cnn4C)c3)c2)CC1. The molecule has 1 aliphatic rings. The number of likely N-dealkylation sites (N-methyl/N-ethyl adjacent to an activating group) is 1. The van der Waals surface area contributed by atoms with Gasteiger partial charge in [-0.05, 0) is 62.5 Å². The van der Waals surface area contributed by atoms with Crippen LogP contribution in [-0.4, -0.2) is 58.7 Å². The quantitative estimate of drug-likeness (QED) is 0.760. The topological polar surface area (TPSA) is 53.4 Å². The van der Waals surface area contributed by atoms with E-state index in [0.29, 0.717) is 5.56 Å². The second-order valence-corrected chi connectivity index (χ2v) is 7.63. The van der Waals surface area contributed by atoms with Gasteiger partial charge in [-0.15, -0.1) is 0 Å². The molecular weight excluding hydrogens is 350 g/mol. The number of nitrogens with one attached hydrogen (secondary N) is 1. The summed E-state index contributed by atoms with van der Waals surface area (Å²) in [7, 11) is 4.09. The molecule has 4 rings (SSSR count). The van der Waals surface area contributed by atoms with Crippen molar-refractivity contribution >= 4 is 22.5 Å². The summed E-state index contributed by atoms with van der Waals surface area (Å²) in [5, 5.41) is 8.27. The van der Waals surface area contributed by atoms with Crippen molar-refractivity contribution in [2.24, 2.45) is 7.05 Å². The zero-order valence-corrected chi connectivity index (χ0v) is 16.6. The van der Waals surface area contributed by atoms with Gasteiger partial charge in [0.25, 0.3) is 5.91 Å². The second-order valence-electron chi connectivity index (χ2n) is 7.63. The van der Waals surface area contributed by atoms with Gasteiger partial charge in [0, 0.05) is 43.3 Å². The summed E-state index contributed by atoms with van der Waals surface area (Å²) in [6, 6.07) is 13.8. The highest BCUT2D eigenvalue weighted by Gasteiger charge is 2.14. The summed E-state index contributed by atoms with van der Waals surface area (Å²) in [5.41, 5.74) is 3.70. The number of aromatic nitrogens is 2. The maximum absolute atomic E-state index is 12.7. The normalized spacial score (nSPS) is 16.2. The maximum Gasteiger partial charge on any atom is 0.255 e. The largest absolute Gasteiger partial charge is 0.322 e. The van der Waals surface area contributed by atoms with Crippen molar-refractivity contribution in [3.8, 4) is 0 Å². The number of hydrogen-bond acceptors (Lipinski definition) is 4. The van der Waals surface area contributed by atoms with Crippen LogP contribution in [0.5, 0.6) is 0 Å². The molecule has 0 bridgehead atoms. The number of nitrogens with zero attached hydrogens (tertiary/aromatic N) is 4. The molecule has 28 heavy (non-hydrogen) atoms. The van der Waals surface area contributed by atoms with Gasteiger partial charge in [0.15, 0.2) is 0 Å². The van der Waals surface area contributed by atoms with Crippen LogP contribution in [0.1, 0.15) is 22.3 Å². The Morgan fingerprint density at radius 2 is 1.96 bits per heavy atom. The number of anilines is 1. The summed E-state index contributed by atoms with van der Waals surface area (Å²) in [6.45, 7) is 5.30. The highest BCUT2D eigenvalue weighted by atomic mass is 16.1. The smallest absolute Gasteiger partial charge is 0.255 e. The van der Waals surface area contributed by atoms with Gasteiger partial charge < -0.3 is 10.2 Å². The Bertz CT molecular complexity index is 980. The van der Waals surface area contributed by atoms with Crippen molar-refractivity contribution in [1.29, 1.82) is 0 Å². The van der Waals surface area contributed by atoms with Crippen molar-refractivity contribution < 1.29 is 4.79 Å². The predicted octanol–water partition coefficient (Wildman–Crippen LogP) is 2.96. The number of benzene rings is 2. The second kappa shape index (κ2) is 8.12. The van der Waals surface area contributed by atoms with Gasteiger partial charge in [-0.25, -0.2) is 0 Å². The Balaban J connectivity index is 1.44. The van der Waals surface area contributed by atoms with Crippen LogP contribution in [0.15, 0.2) is 48.7 Å². The number of amides is 1. The van der Waals surface area contributed by atoms with Crippen LogP contribution in [0.25, 0.3) is 10.9 Å². The van der Waals surface area contributed by atoms with Crippen LogP contribution in [-0.2, 0) is 13.6 Å². The first-order valence-electron chi connectivity index (χ1n) is 9.81. The fourth-order valence-corrected chi connectivity index (χ4v) is 3.77. The molecule has 0 radical (unpaired) electrons. The van der Waals surface area contributed by atoms with Gasteiger partial charge in [-0.2, -0.15) is 5.10 Å². The molecule has 146 valence electrons. The first-order chi connectivity index (χ1) is 13.6. The Morgan fingerprint density at radius 1 is 1.07 bits per heavy atom. The molecule has 1 aliphatic heterocycles. The summed E-state index contributed by atoms with van der Waals surface area (Å²) < 4.78 is 1.82. The Labute approximate surface area is 165 Å². The van der Waals surface area contributed by atoms with Gasteiger partial charge in [0.1, 0.15) is 0 Å². The van der Waals surface area contributed by atoms with E-state index in [0.717, 1.165) is 49.3 Å². The fourth-order valence-electron chi connectivity index (χ4n) is 3.77. The highest BCUT2D eigenvalue weighted by molar-refractivity contribution is 6.05. The number of carbonyl (C=O) groups is 1. The van der Waals surface area contributed by atoms with Crippen LogP contribution in [0, 0.1) is 0 Å². The van der Waals surface area contributed by atoms with Crippen LogP contribution in [0.3, 0.4) is 0 Å². The Kier molecular flexibility index (Phi) is 5.41. The van der Waals surface area contributed by atoms with E-state index in [2.05, 4.69) is 33.3 Å². The van der Waals surface area contributed by atoms with Crippen LogP contribution in [0.4, 0.5) is 5.69 Å². The van der Waals surface area contributed by atoms with Gasteiger partial charge >= 0.3 is 0 Å². The predicted molar refractivity (Wildman–Crippen MR) is 113 cm³/mol. The minimum atomic E-state index is -0.0827. The van der Waals surface area contributed by atoms with Crippen molar-refractivity contribution in [3.63, 3.8) is 0 Å². The lowest BCUT2D eigenvalue weighted by Crippen LogP contribution is -2.28. The number of fused-ring (bicyclic) bond motifs is 1. The van der Waals surface area contributed by atoms with E-state index in [1.54, 1.807) is 0 Å². The van der Waals surface area contributed by atoms with Crippen molar-refractivity contribution in [2.75, 3.05) is 38.5 Å². The van der Waals surface area contributed by atoms with Gasteiger partial charge in [-0.1, -0.05) is 12.1 Å². The van der Waals surface area contributed by atoms with Crippen molar-refractivity contribution in [1.82, 2.24) is 19.6 Å². The third-order valence-corrected chi connectivity index (χ3v) is 5.41. The molecule has 1 saturated heterocycles. The zero-order chi connectivity index (χ0) is 19.5. The molecule has 0 atom stereocenters. The number of aryl methyl sites for hydroxylation is 1.